The lowest BCUT2D eigenvalue weighted by molar-refractivity contribution is -0.0812. The van der Waals surface area contributed by atoms with Crippen LogP contribution in [0.3, 0.4) is 0 Å². The third-order valence-corrected chi connectivity index (χ3v) is 5.28. The van der Waals surface area contributed by atoms with E-state index in [0.717, 1.165) is 5.39 Å². The van der Waals surface area contributed by atoms with Crippen molar-refractivity contribution in [3.8, 4) is 11.9 Å². The number of hydrogen-bond acceptors (Lipinski definition) is 8. The first-order valence-corrected chi connectivity index (χ1v) is 9.53. The fourth-order valence-electron chi connectivity index (χ4n) is 3.67. The van der Waals surface area contributed by atoms with Crippen molar-refractivity contribution in [3.63, 3.8) is 0 Å². The molecule has 0 radical (unpaired) electrons. The highest BCUT2D eigenvalue weighted by Gasteiger charge is 2.30. The molecule has 29 heavy (non-hydrogen) atoms. The summed E-state index contributed by atoms with van der Waals surface area (Å²) in [6, 6.07) is 4.16. The van der Waals surface area contributed by atoms with Crippen LogP contribution in [0.15, 0.2) is 18.5 Å². The molecule has 0 saturated carbocycles. The Labute approximate surface area is 167 Å². The van der Waals surface area contributed by atoms with Crippen molar-refractivity contribution in [2.75, 3.05) is 31.7 Å². The third kappa shape index (κ3) is 3.18. The maximum absolute atomic E-state index is 9.61. The highest BCUT2D eigenvalue weighted by Crippen LogP contribution is 2.32. The topological polar surface area (TPSA) is 112 Å². The number of rotatable bonds is 5. The van der Waals surface area contributed by atoms with Crippen molar-refractivity contribution in [2.45, 2.75) is 19.1 Å². The average Bonchev–Trinajstić information content (AvgIpc) is 3.34. The molecular weight excluding hydrogens is 374 g/mol. The van der Waals surface area contributed by atoms with Crippen LogP contribution in [0.1, 0.15) is 18.7 Å². The number of anilines is 2. The maximum Gasteiger partial charge on any atom is 0.257 e. The summed E-state index contributed by atoms with van der Waals surface area (Å²) in [4.78, 5) is 9.11. The maximum atomic E-state index is 9.61. The third-order valence-electron chi connectivity index (χ3n) is 5.28. The second kappa shape index (κ2) is 7.02. The molecule has 10 heteroatoms. The van der Waals surface area contributed by atoms with E-state index in [-0.39, 0.29) is 12.1 Å². The molecule has 150 valence electrons. The smallest absolute Gasteiger partial charge is 0.257 e. The number of aromatic nitrogens is 5. The molecule has 2 saturated heterocycles. The zero-order chi connectivity index (χ0) is 20.0. The van der Waals surface area contributed by atoms with Gasteiger partial charge in [-0.25, -0.2) is 4.98 Å². The molecule has 2 aliphatic heterocycles. The van der Waals surface area contributed by atoms with Gasteiger partial charge >= 0.3 is 0 Å². The fraction of sp³-hybridized carbons (Fsp3) is 0.474. The van der Waals surface area contributed by atoms with Crippen LogP contribution in [0, 0.1) is 17.2 Å². The Hall–Kier alpha value is -3.16. The zero-order valence-corrected chi connectivity index (χ0v) is 16.2. The molecule has 2 atom stereocenters. The first-order chi connectivity index (χ1) is 14.1. The van der Waals surface area contributed by atoms with Crippen LogP contribution in [-0.4, -0.2) is 56.8 Å². The highest BCUT2D eigenvalue weighted by atomic mass is 16.6. The summed E-state index contributed by atoms with van der Waals surface area (Å²) in [5.41, 5.74) is 1.94. The van der Waals surface area contributed by atoms with Crippen LogP contribution in [0.4, 0.5) is 11.6 Å². The predicted molar refractivity (Wildman–Crippen MR) is 103 cm³/mol. The van der Waals surface area contributed by atoms with Gasteiger partial charge in [-0.1, -0.05) is 6.92 Å². The first-order valence-electron chi connectivity index (χ1n) is 9.53. The molecule has 0 bridgehead atoms. The number of nitriles is 1. The van der Waals surface area contributed by atoms with Crippen LogP contribution in [0.5, 0.6) is 5.88 Å². The molecule has 3 aromatic rings. The summed E-state index contributed by atoms with van der Waals surface area (Å²) in [6.45, 7) is 4.48. The van der Waals surface area contributed by atoms with Gasteiger partial charge in [0, 0.05) is 24.5 Å². The minimum absolute atomic E-state index is 0.00752. The van der Waals surface area contributed by atoms with Crippen molar-refractivity contribution in [2.24, 2.45) is 13.0 Å². The minimum Gasteiger partial charge on any atom is -0.467 e. The Morgan fingerprint density at radius 3 is 2.79 bits per heavy atom. The van der Waals surface area contributed by atoms with Crippen molar-refractivity contribution in [3.05, 3.63) is 24.2 Å². The van der Waals surface area contributed by atoms with Gasteiger partial charge in [0.15, 0.2) is 0 Å². The summed E-state index contributed by atoms with van der Waals surface area (Å²) >= 11 is 0. The van der Waals surface area contributed by atoms with Gasteiger partial charge in [-0.3, -0.25) is 4.68 Å². The zero-order valence-electron chi connectivity index (χ0n) is 16.2. The minimum atomic E-state index is 0.00752. The molecule has 0 amide bonds. The Bertz CT molecular complexity index is 1100. The fourth-order valence-corrected chi connectivity index (χ4v) is 3.67. The van der Waals surface area contributed by atoms with Gasteiger partial charge in [-0.15, -0.1) is 5.10 Å². The molecular formula is C19H21N7O3. The van der Waals surface area contributed by atoms with E-state index < -0.39 is 0 Å². The summed E-state index contributed by atoms with van der Waals surface area (Å²) in [5, 5.41) is 18.0. The van der Waals surface area contributed by atoms with Crippen molar-refractivity contribution >= 4 is 22.7 Å². The molecule has 0 unspecified atom stereocenters. The summed E-state index contributed by atoms with van der Waals surface area (Å²) in [6.07, 6.45) is 3.54. The molecule has 5 rings (SSSR count). The van der Waals surface area contributed by atoms with E-state index in [0.29, 0.717) is 61.2 Å². The quantitative estimate of drug-likeness (QED) is 0.696. The van der Waals surface area contributed by atoms with E-state index in [4.69, 9.17) is 19.2 Å². The number of fused-ring (bicyclic) bond motifs is 1. The lowest BCUT2D eigenvalue weighted by atomic mass is 10.1. The van der Waals surface area contributed by atoms with Crippen LogP contribution in [0.25, 0.3) is 11.0 Å². The van der Waals surface area contributed by atoms with Crippen LogP contribution >= 0.6 is 0 Å². The van der Waals surface area contributed by atoms with Gasteiger partial charge in [0.05, 0.1) is 38.7 Å². The van der Waals surface area contributed by atoms with Gasteiger partial charge in [0.25, 0.3) is 5.88 Å². The van der Waals surface area contributed by atoms with Crippen LogP contribution in [-0.2, 0) is 16.5 Å². The molecule has 0 spiro atoms. The lowest BCUT2D eigenvalue weighted by Crippen LogP contribution is -2.38. The number of nitrogens with zero attached hydrogens (tertiary/aromatic N) is 6. The molecule has 2 fully saturated rings. The standard InChI is InChI=1S/C19H21N7O3/c1-11-7-27-10-16(11)26-13(4-20)3-12-5-21-19(23-17(12)26)22-15-6-25(2)24-18(15)29-14-8-28-9-14/h3,5-6,11,14,16H,7-10H2,1-2H3,(H,21,22,23)/t11-,16-/m0/s1. The van der Waals surface area contributed by atoms with Crippen molar-refractivity contribution < 1.29 is 14.2 Å². The summed E-state index contributed by atoms with van der Waals surface area (Å²) < 4.78 is 20.3. The van der Waals surface area contributed by atoms with Gasteiger partial charge in [-0.2, -0.15) is 10.2 Å². The lowest BCUT2D eigenvalue weighted by Gasteiger charge is -2.25. The summed E-state index contributed by atoms with van der Waals surface area (Å²) in [7, 11) is 1.82. The Kier molecular flexibility index (Phi) is 4.34. The second-order valence-electron chi connectivity index (χ2n) is 7.49. The van der Waals surface area contributed by atoms with Crippen LogP contribution < -0.4 is 10.1 Å². The van der Waals surface area contributed by atoms with Crippen molar-refractivity contribution in [1.82, 2.24) is 24.3 Å². The van der Waals surface area contributed by atoms with E-state index in [1.165, 1.54) is 0 Å². The predicted octanol–water partition coefficient (Wildman–Crippen LogP) is 1.77. The molecule has 0 aromatic carbocycles. The number of aryl methyl sites for hydroxylation is 1. The van der Waals surface area contributed by atoms with Crippen molar-refractivity contribution in [1.29, 1.82) is 5.26 Å². The molecule has 1 N–H and O–H groups in total. The van der Waals surface area contributed by atoms with E-state index in [1.54, 1.807) is 10.9 Å². The molecule has 3 aromatic heterocycles. The first kappa shape index (κ1) is 17.9. The largest absolute Gasteiger partial charge is 0.467 e. The Morgan fingerprint density at radius 1 is 1.28 bits per heavy atom. The molecule has 5 heterocycles. The van der Waals surface area contributed by atoms with Gasteiger partial charge in [-0.05, 0) is 6.07 Å². The van der Waals surface area contributed by atoms with E-state index >= 15 is 0 Å². The van der Waals surface area contributed by atoms with Gasteiger partial charge in [0.1, 0.15) is 29.2 Å². The van der Waals surface area contributed by atoms with E-state index in [1.807, 2.05) is 23.9 Å². The second-order valence-corrected chi connectivity index (χ2v) is 7.49. The molecule has 10 nitrogen and oxygen atoms in total. The Balaban J connectivity index is 1.50. The van der Waals surface area contributed by atoms with E-state index in [9.17, 15) is 5.26 Å². The SMILES string of the molecule is C[C@H]1COC[C@@H]1n1c(C#N)cc2cnc(Nc3cn(C)nc3OC3COC3)nc21. The summed E-state index contributed by atoms with van der Waals surface area (Å²) in [5.74, 6) is 1.19. The Morgan fingerprint density at radius 2 is 2.10 bits per heavy atom. The van der Waals surface area contributed by atoms with Gasteiger partial charge in [0.2, 0.25) is 5.95 Å². The normalized spacial score (nSPS) is 21.8. The monoisotopic (exact) mass is 395 g/mol. The molecule has 2 aliphatic rings. The highest BCUT2D eigenvalue weighted by molar-refractivity contribution is 5.79. The number of hydrogen-bond donors (Lipinski definition) is 1. The van der Waals surface area contributed by atoms with Gasteiger partial charge < -0.3 is 24.1 Å². The molecule has 0 aliphatic carbocycles. The number of nitrogens with one attached hydrogen (secondary N) is 1. The average molecular weight is 395 g/mol. The number of ether oxygens (including phenoxy) is 3. The van der Waals surface area contributed by atoms with E-state index in [2.05, 4.69) is 28.4 Å². The van der Waals surface area contributed by atoms with Crippen LogP contribution in [0.2, 0.25) is 0 Å².